The van der Waals surface area contributed by atoms with Crippen LogP contribution in [-0.4, -0.2) is 10.2 Å². The predicted molar refractivity (Wildman–Crippen MR) is 92.4 cm³/mol. The van der Waals surface area contributed by atoms with Crippen LogP contribution >= 0.6 is 0 Å². The minimum absolute atomic E-state index is 0.288. The minimum atomic E-state index is 0.288. The number of hydrogen-bond donors (Lipinski definition) is 2. The van der Waals surface area contributed by atoms with Crippen molar-refractivity contribution in [1.29, 1.82) is 0 Å². The van der Waals surface area contributed by atoms with Gasteiger partial charge in [-0.3, -0.25) is 0 Å². The zero-order chi connectivity index (χ0) is 16.4. The molecule has 1 aromatic rings. The number of aromatic hydroxyl groups is 2. The Kier molecular flexibility index (Phi) is 5.09. The lowest BCUT2D eigenvalue weighted by Gasteiger charge is -2.18. The quantitative estimate of drug-likeness (QED) is 0.645. The van der Waals surface area contributed by atoms with Crippen molar-refractivity contribution in [2.45, 2.75) is 79.1 Å². The highest BCUT2D eigenvalue weighted by molar-refractivity contribution is 5.46. The molecule has 0 amide bonds. The summed E-state index contributed by atoms with van der Waals surface area (Å²) < 4.78 is 0. The van der Waals surface area contributed by atoms with E-state index in [0.717, 1.165) is 43.2 Å². The first-order valence-electron chi connectivity index (χ1n) is 8.72. The van der Waals surface area contributed by atoms with Gasteiger partial charge in [0.05, 0.1) is 0 Å². The van der Waals surface area contributed by atoms with Crippen LogP contribution in [-0.2, 0) is 12.8 Å². The molecule has 1 fully saturated rings. The first-order valence-corrected chi connectivity index (χ1v) is 8.72. The van der Waals surface area contributed by atoms with Crippen molar-refractivity contribution in [2.24, 2.45) is 10.8 Å². The smallest absolute Gasteiger partial charge is 0.122 e. The average Bonchev–Trinajstić information content (AvgIpc) is 3.11. The van der Waals surface area contributed by atoms with Gasteiger partial charge in [0.1, 0.15) is 11.5 Å². The second-order valence-electron chi connectivity index (χ2n) is 8.69. The molecule has 0 spiro atoms. The van der Waals surface area contributed by atoms with E-state index in [9.17, 15) is 10.2 Å². The molecule has 0 unspecified atom stereocenters. The summed E-state index contributed by atoms with van der Waals surface area (Å²) in [5, 5.41) is 20.4. The number of aryl methyl sites for hydroxylation is 2. The molecular weight excluding hydrogens is 272 g/mol. The maximum Gasteiger partial charge on any atom is 0.122 e. The van der Waals surface area contributed by atoms with Crippen molar-refractivity contribution < 1.29 is 10.2 Å². The topological polar surface area (TPSA) is 40.5 Å². The monoisotopic (exact) mass is 304 g/mol. The molecule has 124 valence electrons. The molecule has 0 radical (unpaired) electrons. The summed E-state index contributed by atoms with van der Waals surface area (Å²) >= 11 is 0. The molecular formula is C20H32O2. The fraction of sp³-hybridized carbons (Fsp3) is 0.700. The van der Waals surface area contributed by atoms with E-state index in [0.29, 0.717) is 16.6 Å². The molecule has 0 atom stereocenters. The third-order valence-corrected chi connectivity index (χ3v) is 4.96. The van der Waals surface area contributed by atoms with Gasteiger partial charge in [0.25, 0.3) is 0 Å². The summed E-state index contributed by atoms with van der Waals surface area (Å²) in [5.74, 6) is 0.698. The lowest BCUT2D eigenvalue weighted by Crippen LogP contribution is -2.05. The molecule has 0 aliphatic heterocycles. The average molecular weight is 304 g/mol. The molecule has 1 aliphatic rings. The normalized spacial score (nSPS) is 16.7. The van der Waals surface area contributed by atoms with E-state index in [-0.39, 0.29) is 5.75 Å². The van der Waals surface area contributed by atoms with Gasteiger partial charge in [-0.25, -0.2) is 0 Å². The van der Waals surface area contributed by atoms with Crippen molar-refractivity contribution in [3.63, 3.8) is 0 Å². The van der Waals surface area contributed by atoms with Gasteiger partial charge in [0.2, 0.25) is 0 Å². The zero-order valence-electron chi connectivity index (χ0n) is 14.7. The Morgan fingerprint density at radius 2 is 1.55 bits per heavy atom. The Balaban J connectivity index is 1.95. The highest BCUT2D eigenvalue weighted by Gasteiger charge is 2.36. The molecule has 0 bridgehead atoms. The number of benzene rings is 1. The minimum Gasteiger partial charge on any atom is -0.508 e. The van der Waals surface area contributed by atoms with Crippen molar-refractivity contribution in [3.05, 3.63) is 23.3 Å². The van der Waals surface area contributed by atoms with Crippen LogP contribution in [0.1, 0.15) is 77.3 Å². The second-order valence-corrected chi connectivity index (χ2v) is 8.69. The molecule has 0 saturated heterocycles. The molecule has 0 aromatic heterocycles. The Labute approximate surface area is 135 Å². The number of hydrogen-bond acceptors (Lipinski definition) is 2. The summed E-state index contributed by atoms with van der Waals surface area (Å²) in [5.41, 5.74) is 2.68. The van der Waals surface area contributed by atoms with Crippen LogP contribution in [0.3, 0.4) is 0 Å². The second kappa shape index (κ2) is 6.52. The Morgan fingerprint density at radius 3 is 2.05 bits per heavy atom. The van der Waals surface area contributed by atoms with Gasteiger partial charge < -0.3 is 10.2 Å². The maximum atomic E-state index is 10.5. The van der Waals surface area contributed by atoms with Crippen molar-refractivity contribution in [3.8, 4) is 11.5 Å². The fourth-order valence-corrected chi connectivity index (χ4v) is 3.10. The Morgan fingerprint density at radius 1 is 1.00 bits per heavy atom. The van der Waals surface area contributed by atoms with E-state index in [2.05, 4.69) is 27.7 Å². The number of phenols is 2. The van der Waals surface area contributed by atoms with Gasteiger partial charge in [0, 0.05) is 0 Å². The van der Waals surface area contributed by atoms with Crippen molar-refractivity contribution >= 4 is 0 Å². The molecule has 1 aliphatic carbocycles. The van der Waals surface area contributed by atoms with E-state index in [4.69, 9.17) is 0 Å². The molecule has 2 N–H and O–H groups in total. The van der Waals surface area contributed by atoms with Gasteiger partial charge in [-0.05, 0) is 85.5 Å². The van der Waals surface area contributed by atoms with E-state index >= 15 is 0 Å². The van der Waals surface area contributed by atoms with Gasteiger partial charge in [-0.2, -0.15) is 0 Å². The summed E-state index contributed by atoms with van der Waals surface area (Å²) in [6.45, 7) is 9.05. The molecule has 2 rings (SSSR count). The van der Waals surface area contributed by atoms with Crippen LogP contribution in [0.5, 0.6) is 11.5 Å². The van der Waals surface area contributed by atoms with E-state index in [1.165, 1.54) is 19.3 Å². The molecule has 2 nitrogen and oxygen atoms in total. The molecule has 2 heteroatoms. The van der Waals surface area contributed by atoms with Crippen LogP contribution in [0.2, 0.25) is 0 Å². The Bertz CT molecular complexity index is 475. The van der Waals surface area contributed by atoms with E-state index in [1.54, 1.807) is 12.1 Å². The highest BCUT2D eigenvalue weighted by atomic mass is 16.3. The van der Waals surface area contributed by atoms with Gasteiger partial charge in [-0.1, -0.05) is 27.7 Å². The zero-order valence-corrected chi connectivity index (χ0v) is 14.7. The maximum absolute atomic E-state index is 10.5. The number of phenolic OH excluding ortho intramolecular Hbond substituents is 2. The largest absolute Gasteiger partial charge is 0.508 e. The van der Waals surface area contributed by atoms with Crippen LogP contribution in [0.4, 0.5) is 0 Å². The van der Waals surface area contributed by atoms with Crippen LogP contribution < -0.4 is 0 Å². The van der Waals surface area contributed by atoms with Gasteiger partial charge in [0.15, 0.2) is 0 Å². The molecule has 1 aromatic carbocycles. The molecule has 0 heterocycles. The Hall–Kier alpha value is -1.18. The number of rotatable bonds is 7. The highest BCUT2D eigenvalue weighted by Crippen LogP contribution is 2.49. The standard InChI is InChI=1S/C20H32O2/c1-19(2,3)9-5-7-15-13-17(21)14-16(18(15)22)8-6-10-20(4)11-12-20/h13-14,21-22H,5-12H2,1-4H3. The van der Waals surface area contributed by atoms with E-state index in [1.807, 2.05) is 0 Å². The lowest BCUT2D eigenvalue weighted by molar-refractivity contribution is 0.363. The molecule has 22 heavy (non-hydrogen) atoms. The SMILES string of the molecule is CC(C)(C)CCCc1cc(O)cc(CCCC2(C)CC2)c1O. The predicted octanol–water partition coefficient (Wildman–Crippen LogP) is 5.59. The van der Waals surface area contributed by atoms with Crippen molar-refractivity contribution in [1.82, 2.24) is 0 Å². The summed E-state index contributed by atoms with van der Waals surface area (Å²) in [7, 11) is 0. The summed E-state index contributed by atoms with van der Waals surface area (Å²) in [6, 6.07) is 3.46. The van der Waals surface area contributed by atoms with Gasteiger partial charge >= 0.3 is 0 Å². The fourth-order valence-electron chi connectivity index (χ4n) is 3.10. The summed E-state index contributed by atoms with van der Waals surface area (Å²) in [4.78, 5) is 0. The summed E-state index contributed by atoms with van der Waals surface area (Å²) in [6.07, 6.45) is 8.86. The van der Waals surface area contributed by atoms with E-state index < -0.39 is 0 Å². The van der Waals surface area contributed by atoms with Crippen LogP contribution in [0.15, 0.2) is 12.1 Å². The van der Waals surface area contributed by atoms with Gasteiger partial charge in [-0.15, -0.1) is 0 Å². The lowest BCUT2D eigenvalue weighted by atomic mass is 9.88. The first kappa shape index (κ1) is 17.2. The third-order valence-electron chi connectivity index (χ3n) is 4.96. The third kappa shape index (κ3) is 5.23. The van der Waals surface area contributed by atoms with Crippen LogP contribution in [0, 0.1) is 10.8 Å². The van der Waals surface area contributed by atoms with Crippen LogP contribution in [0.25, 0.3) is 0 Å². The first-order chi connectivity index (χ1) is 10.2. The van der Waals surface area contributed by atoms with Crippen molar-refractivity contribution in [2.75, 3.05) is 0 Å². The molecule has 1 saturated carbocycles.